The molecule has 158 valence electrons. The van der Waals surface area contributed by atoms with Crippen LogP contribution in [0.5, 0.6) is 23.0 Å². The molecule has 0 unspecified atom stereocenters. The van der Waals surface area contributed by atoms with Crippen LogP contribution in [0, 0.1) is 0 Å². The van der Waals surface area contributed by atoms with Crippen LogP contribution in [0.15, 0.2) is 48.8 Å². The number of anilines is 1. The minimum Gasteiger partial charge on any atom is -0.497 e. The van der Waals surface area contributed by atoms with Gasteiger partial charge in [-0.25, -0.2) is 15.0 Å². The Kier molecular flexibility index (Phi) is 5.44. The Morgan fingerprint density at radius 2 is 1.45 bits per heavy atom. The average molecular weight is 418 g/mol. The van der Waals surface area contributed by atoms with Crippen molar-refractivity contribution in [2.75, 3.05) is 34.2 Å². The number of hydrogen-bond donors (Lipinski definition) is 1. The van der Waals surface area contributed by atoms with Gasteiger partial charge in [0.2, 0.25) is 0 Å². The highest BCUT2D eigenvalue weighted by Gasteiger charge is 2.17. The molecule has 0 saturated heterocycles. The highest BCUT2D eigenvalue weighted by atomic mass is 16.5. The van der Waals surface area contributed by atoms with Gasteiger partial charge in [-0.2, -0.15) is 0 Å². The predicted molar refractivity (Wildman–Crippen MR) is 119 cm³/mol. The highest BCUT2D eigenvalue weighted by Crippen LogP contribution is 2.40. The third-order valence-corrected chi connectivity index (χ3v) is 5.01. The maximum atomic E-state index is 6.22. The molecular formula is C23H22N4O4. The molecule has 0 amide bonds. The number of methoxy groups -OCH3 is 4. The van der Waals surface area contributed by atoms with E-state index in [1.807, 2.05) is 42.5 Å². The van der Waals surface area contributed by atoms with Crippen LogP contribution in [0.4, 0.5) is 5.82 Å². The first-order valence-electron chi connectivity index (χ1n) is 9.45. The Morgan fingerprint density at radius 1 is 0.710 bits per heavy atom. The van der Waals surface area contributed by atoms with Gasteiger partial charge in [0.1, 0.15) is 23.6 Å². The second-order valence-electron chi connectivity index (χ2n) is 6.65. The first-order valence-corrected chi connectivity index (χ1v) is 9.45. The van der Waals surface area contributed by atoms with E-state index in [9.17, 15) is 0 Å². The van der Waals surface area contributed by atoms with Crippen molar-refractivity contribution in [3.8, 4) is 45.4 Å². The topological polar surface area (TPSA) is 102 Å². The van der Waals surface area contributed by atoms with Crippen LogP contribution >= 0.6 is 0 Å². The van der Waals surface area contributed by atoms with Crippen molar-refractivity contribution in [2.24, 2.45) is 0 Å². The summed E-state index contributed by atoms with van der Waals surface area (Å²) >= 11 is 0. The summed E-state index contributed by atoms with van der Waals surface area (Å²) in [4.78, 5) is 13.2. The molecule has 0 aliphatic carbocycles. The van der Waals surface area contributed by atoms with Gasteiger partial charge >= 0.3 is 0 Å². The fourth-order valence-electron chi connectivity index (χ4n) is 3.47. The summed E-state index contributed by atoms with van der Waals surface area (Å²) in [5.41, 5.74) is 9.78. The lowest BCUT2D eigenvalue weighted by molar-refractivity contribution is 0.355. The zero-order valence-corrected chi connectivity index (χ0v) is 17.7. The number of pyridine rings is 1. The number of rotatable bonds is 6. The van der Waals surface area contributed by atoms with E-state index in [4.69, 9.17) is 29.7 Å². The minimum atomic E-state index is 0.339. The molecule has 0 radical (unpaired) electrons. The Labute approximate surface area is 179 Å². The number of nitrogen functional groups attached to an aromatic ring is 1. The van der Waals surface area contributed by atoms with Crippen LogP contribution < -0.4 is 24.7 Å². The van der Waals surface area contributed by atoms with Crippen LogP contribution in [0.3, 0.4) is 0 Å². The maximum Gasteiger partial charge on any atom is 0.165 e. The van der Waals surface area contributed by atoms with E-state index in [0.29, 0.717) is 45.5 Å². The lowest BCUT2D eigenvalue weighted by Gasteiger charge is -2.15. The quantitative estimate of drug-likeness (QED) is 0.502. The van der Waals surface area contributed by atoms with Gasteiger partial charge in [0.25, 0.3) is 0 Å². The monoisotopic (exact) mass is 418 g/mol. The first kappa shape index (κ1) is 20.2. The average Bonchev–Trinajstić information content (AvgIpc) is 2.82. The van der Waals surface area contributed by atoms with Gasteiger partial charge < -0.3 is 24.7 Å². The normalized spacial score (nSPS) is 10.7. The van der Waals surface area contributed by atoms with Crippen LogP contribution in [0.1, 0.15) is 0 Å². The van der Waals surface area contributed by atoms with E-state index >= 15 is 0 Å². The summed E-state index contributed by atoms with van der Waals surface area (Å²) in [5.74, 6) is 2.91. The third-order valence-electron chi connectivity index (χ3n) is 5.01. The molecule has 2 N–H and O–H groups in total. The summed E-state index contributed by atoms with van der Waals surface area (Å²) < 4.78 is 21.8. The fourth-order valence-corrected chi connectivity index (χ4v) is 3.47. The predicted octanol–water partition coefficient (Wildman–Crippen LogP) is 3.98. The fraction of sp³-hybridized carbons (Fsp3) is 0.174. The zero-order valence-electron chi connectivity index (χ0n) is 17.7. The lowest BCUT2D eigenvalue weighted by atomic mass is 9.99. The molecule has 2 aromatic carbocycles. The molecule has 0 aliphatic rings. The van der Waals surface area contributed by atoms with Crippen LogP contribution in [0.25, 0.3) is 33.4 Å². The van der Waals surface area contributed by atoms with Gasteiger partial charge in [0.05, 0.1) is 39.5 Å². The molecule has 31 heavy (non-hydrogen) atoms. The van der Waals surface area contributed by atoms with E-state index in [0.717, 1.165) is 16.7 Å². The van der Waals surface area contributed by atoms with Gasteiger partial charge in [-0.05, 0) is 47.5 Å². The molecule has 0 spiro atoms. The van der Waals surface area contributed by atoms with Gasteiger partial charge in [-0.3, -0.25) is 0 Å². The SMILES string of the molecule is COc1ccc(OC)c(-c2cc(-c3ccc(OC)c(OC)c3)c3c(N)ncnc3n2)c1. The molecule has 4 rings (SSSR count). The van der Waals surface area contributed by atoms with Gasteiger partial charge in [-0.1, -0.05) is 6.07 Å². The number of ether oxygens (including phenoxy) is 4. The largest absolute Gasteiger partial charge is 0.497 e. The van der Waals surface area contributed by atoms with Crippen molar-refractivity contribution in [3.05, 3.63) is 48.8 Å². The summed E-state index contributed by atoms with van der Waals surface area (Å²) in [6.45, 7) is 0. The van der Waals surface area contributed by atoms with Gasteiger partial charge in [-0.15, -0.1) is 0 Å². The van der Waals surface area contributed by atoms with E-state index in [1.54, 1.807) is 28.4 Å². The van der Waals surface area contributed by atoms with Crippen molar-refractivity contribution in [1.29, 1.82) is 0 Å². The second-order valence-corrected chi connectivity index (χ2v) is 6.65. The Bertz CT molecular complexity index is 1260. The number of hydrogen-bond acceptors (Lipinski definition) is 8. The Balaban J connectivity index is 2.03. The number of nitrogens with two attached hydrogens (primary N) is 1. The first-order chi connectivity index (χ1) is 15.1. The minimum absolute atomic E-state index is 0.339. The number of aromatic nitrogens is 3. The molecule has 0 fully saturated rings. The van der Waals surface area contributed by atoms with E-state index < -0.39 is 0 Å². The van der Waals surface area contributed by atoms with Crippen molar-refractivity contribution in [2.45, 2.75) is 0 Å². The molecule has 0 atom stereocenters. The molecule has 4 aromatic rings. The highest BCUT2D eigenvalue weighted by molar-refractivity contribution is 6.01. The zero-order chi connectivity index (χ0) is 22.0. The van der Waals surface area contributed by atoms with Crippen LogP contribution in [-0.4, -0.2) is 43.4 Å². The van der Waals surface area contributed by atoms with Gasteiger partial charge in [0, 0.05) is 5.56 Å². The molecule has 2 heterocycles. The van der Waals surface area contributed by atoms with Crippen molar-refractivity contribution >= 4 is 16.9 Å². The molecule has 8 nitrogen and oxygen atoms in total. The second kappa shape index (κ2) is 8.35. The Morgan fingerprint density at radius 3 is 2.16 bits per heavy atom. The van der Waals surface area contributed by atoms with Crippen molar-refractivity contribution < 1.29 is 18.9 Å². The molecule has 0 bridgehead atoms. The van der Waals surface area contributed by atoms with E-state index in [1.165, 1.54) is 6.33 Å². The number of nitrogens with zero attached hydrogens (tertiary/aromatic N) is 3. The van der Waals surface area contributed by atoms with E-state index in [-0.39, 0.29) is 0 Å². The smallest absolute Gasteiger partial charge is 0.165 e. The summed E-state index contributed by atoms with van der Waals surface area (Å²) in [6, 6.07) is 13.1. The summed E-state index contributed by atoms with van der Waals surface area (Å²) in [6.07, 6.45) is 1.40. The molecule has 0 aliphatic heterocycles. The molecular weight excluding hydrogens is 396 g/mol. The summed E-state index contributed by atoms with van der Waals surface area (Å²) in [7, 11) is 6.42. The van der Waals surface area contributed by atoms with Crippen molar-refractivity contribution in [3.63, 3.8) is 0 Å². The van der Waals surface area contributed by atoms with E-state index in [2.05, 4.69) is 9.97 Å². The van der Waals surface area contributed by atoms with Crippen LogP contribution in [-0.2, 0) is 0 Å². The van der Waals surface area contributed by atoms with Crippen LogP contribution in [0.2, 0.25) is 0 Å². The Hall–Kier alpha value is -4.07. The lowest BCUT2D eigenvalue weighted by Crippen LogP contribution is -2.00. The molecule has 8 heteroatoms. The van der Waals surface area contributed by atoms with Crippen molar-refractivity contribution in [1.82, 2.24) is 15.0 Å². The third kappa shape index (κ3) is 3.63. The number of benzene rings is 2. The summed E-state index contributed by atoms with van der Waals surface area (Å²) in [5, 5.41) is 0.653. The number of fused-ring (bicyclic) bond motifs is 1. The van der Waals surface area contributed by atoms with Gasteiger partial charge in [0.15, 0.2) is 17.1 Å². The maximum absolute atomic E-state index is 6.22. The molecule has 2 aromatic heterocycles. The molecule has 0 saturated carbocycles. The standard InChI is InChI=1S/C23H22N4O4/c1-28-14-6-8-18(29-2)16(10-14)17-11-15(21-22(24)25-12-26-23(21)27-17)13-5-7-19(30-3)20(9-13)31-4/h5-12H,1-4H3,(H2,24,25,26,27).